The lowest BCUT2D eigenvalue weighted by atomic mass is 9.93. The largest absolute Gasteiger partial charge is 0.497 e. The zero-order valence-corrected chi connectivity index (χ0v) is 16.0. The zero-order valence-electron chi connectivity index (χ0n) is 16.0. The van der Waals surface area contributed by atoms with Crippen LogP contribution < -0.4 is 4.74 Å². The van der Waals surface area contributed by atoms with Crippen LogP contribution >= 0.6 is 0 Å². The predicted octanol–water partition coefficient (Wildman–Crippen LogP) is 2.87. The molecule has 1 fully saturated rings. The second kappa shape index (κ2) is 7.58. The van der Waals surface area contributed by atoms with Crippen molar-refractivity contribution in [3.63, 3.8) is 0 Å². The Hall–Kier alpha value is -1.85. The van der Waals surface area contributed by atoms with Crippen LogP contribution in [0.25, 0.3) is 0 Å². The Morgan fingerprint density at radius 1 is 1.20 bits per heavy atom. The first-order chi connectivity index (χ1) is 12.0. The lowest BCUT2D eigenvalue weighted by molar-refractivity contribution is 0.264. The minimum atomic E-state index is 0.519. The van der Waals surface area contributed by atoms with Crippen molar-refractivity contribution in [1.29, 1.82) is 0 Å². The third-order valence-corrected chi connectivity index (χ3v) is 5.43. The van der Waals surface area contributed by atoms with Gasteiger partial charge in [-0.15, -0.1) is 0 Å². The number of rotatable bonds is 6. The highest BCUT2D eigenvalue weighted by Crippen LogP contribution is 2.31. The number of aromatic nitrogens is 1. The van der Waals surface area contributed by atoms with Crippen LogP contribution in [0.4, 0.5) is 0 Å². The zero-order chi connectivity index (χ0) is 18.0. The SMILES string of the molecule is COc1ccc([C@@H]2CN(CCc3c(C)noc3C)C[C@H]2N(C)C)cc1. The van der Waals surface area contributed by atoms with E-state index in [9.17, 15) is 0 Å². The molecule has 136 valence electrons. The molecule has 2 aromatic rings. The van der Waals surface area contributed by atoms with Crippen molar-refractivity contribution in [2.75, 3.05) is 40.8 Å². The molecule has 2 atom stereocenters. The van der Waals surface area contributed by atoms with Crippen LogP contribution in [0.1, 0.15) is 28.5 Å². The summed E-state index contributed by atoms with van der Waals surface area (Å²) in [6.07, 6.45) is 0.997. The van der Waals surface area contributed by atoms with Crippen molar-refractivity contribution in [3.8, 4) is 5.75 Å². The van der Waals surface area contributed by atoms with Gasteiger partial charge < -0.3 is 19.1 Å². The van der Waals surface area contributed by atoms with Gasteiger partial charge in [0, 0.05) is 37.2 Å². The number of likely N-dealkylation sites (N-methyl/N-ethyl adjacent to an activating group) is 1. The summed E-state index contributed by atoms with van der Waals surface area (Å²) in [6.45, 7) is 7.24. The highest BCUT2D eigenvalue weighted by atomic mass is 16.5. The minimum Gasteiger partial charge on any atom is -0.497 e. The minimum absolute atomic E-state index is 0.519. The summed E-state index contributed by atoms with van der Waals surface area (Å²) in [5, 5.41) is 4.07. The van der Waals surface area contributed by atoms with E-state index in [0.29, 0.717) is 12.0 Å². The summed E-state index contributed by atoms with van der Waals surface area (Å²) in [4.78, 5) is 4.91. The summed E-state index contributed by atoms with van der Waals surface area (Å²) in [5.41, 5.74) is 3.67. The molecular formula is C20H29N3O2. The molecule has 25 heavy (non-hydrogen) atoms. The summed E-state index contributed by atoms with van der Waals surface area (Å²) in [7, 11) is 6.07. The molecule has 0 amide bonds. The molecule has 0 N–H and O–H groups in total. The van der Waals surface area contributed by atoms with E-state index < -0.39 is 0 Å². The first kappa shape index (κ1) is 18.0. The second-order valence-corrected chi connectivity index (χ2v) is 7.22. The summed E-state index contributed by atoms with van der Waals surface area (Å²) in [6, 6.07) is 9.07. The van der Waals surface area contributed by atoms with Gasteiger partial charge in [0.25, 0.3) is 0 Å². The molecule has 0 bridgehead atoms. The first-order valence-electron chi connectivity index (χ1n) is 8.94. The van der Waals surface area contributed by atoms with Gasteiger partial charge in [-0.25, -0.2) is 0 Å². The molecule has 1 aliphatic rings. The van der Waals surface area contributed by atoms with Crippen LogP contribution in [0.2, 0.25) is 0 Å². The average Bonchev–Trinajstić information content (AvgIpc) is 3.17. The number of nitrogens with zero attached hydrogens (tertiary/aromatic N) is 3. The van der Waals surface area contributed by atoms with E-state index in [2.05, 4.69) is 53.3 Å². The standard InChI is InChI=1S/C20H29N3O2/c1-14-18(15(2)25-21-14)10-11-23-12-19(20(13-23)22(3)4)16-6-8-17(24-5)9-7-16/h6-9,19-20H,10-13H2,1-5H3/t19-,20+/m0/s1. The van der Waals surface area contributed by atoms with Crippen molar-refractivity contribution in [3.05, 3.63) is 46.8 Å². The van der Waals surface area contributed by atoms with Crippen LogP contribution in [0.15, 0.2) is 28.8 Å². The van der Waals surface area contributed by atoms with Crippen LogP contribution in [0, 0.1) is 13.8 Å². The molecule has 3 rings (SSSR count). The highest BCUT2D eigenvalue weighted by molar-refractivity contribution is 5.31. The van der Waals surface area contributed by atoms with Crippen LogP contribution in [-0.2, 0) is 6.42 Å². The van der Waals surface area contributed by atoms with Gasteiger partial charge in [-0.05, 0) is 52.1 Å². The Bertz CT molecular complexity index is 674. The molecule has 0 spiro atoms. The number of aryl methyl sites for hydroxylation is 2. The maximum atomic E-state index is 5.29. The van der Waals surface area contributed by atoms with E-state index in [1.807, 2.05) is 13.8 Å². The fraction of sp³-hybridized carbons (Fsp3) is 0.550. The van der Waals surface area contributed by atoms with E-state index >= 15 is 0 Å². The lowest BCUT2D eigenvalue weighted by Crippen LogP contribution is -2.34. The van der Waals surface area contributed by atoms with E-state index in [0.717, 1.165) is 43.3 Å². The second-order valence-electron chi connectivity index (χ2n) is 7.22. The van der Waals surface area contributed by atoms with E-state index in [1.54, 1.807) is 7.11 Å². The summed E-state index contributed by atoms with van der Waals surface area (Å²) < 4.78 is 10.6. The average molecular weight is 343 g/mol. The van der Waals surface area contributed by atoms with Gasteiger partial charge in [-0.1, -0.05) is 17.3 Å². The molecule has 0 unspecified atom stereocenters. The normalized spacial score (nSPS) is 21.2. The summed E-state index contributed by atoms with van der Waals surface area (Å²) in [5.74, 6) is 2.39. The Morgan fingerprint density at radius 2 is 1.92 bits per heavy atom. The fourth-order valence-electron chi connectivity index (χ4n) is 3.88. The van der Waals surface area contributed by atoms with Crippen molar-refractivity contribution in [1.82, 2.24) is 15.0 Å². The number of ether oxygens (including phenoxy) is 1. The molecule has 0 radical (unpaired) electrons. The molecule has 1 saturated heterocycles. The Kier molecular flexibility index (Phi) is 5.45. The third kappa shape index (κ3) is 3.88. The molecule has 0 saturated carbocycles. The highest BCUT2D eigenvalue weighted by Gasteiger charge is 2.35. The summed E-state index contributed by atoms with van der Waals surface area (Å²) >= 11 is 0. The van der Waals surface area contributed by atoms with Crippen LogP contribution in [0.5, 0.6) is 5.75 Å². The molecule has 1 aliphatic heterocycles. The molecule has 2 heterocycles. The van der Waals surface area contributed by atoms with E-state index in [4.69, 9.17) is 9.26 Å². The quantitative estimate of drug-likeness (QED) is 0.807. The van der Waals surface area contributed by atoms with Gasteiger partial charge in [0.1, 0.15) is 11.5 Å². The van der Waals surface area contributed by atoms with Crippen molar-refractivity contribution >= 4 is 0 Å². The van der Waals surface area contributed by atoms with Gasteiger partial charge >= 0.3 is 0 Å². The molecular weight excluding hydrogens is 314 g/mol. The Labute approximate surface area is 150 Å². The number of methoxy groups -OCH3 is 1. The van der Waals surface area contributed by atoms with Gasteiger partial charge in [0.2, 0.25) is 0 Å². The molecule has 1 aromatic heterocycles. The molecule has 5 heteroatoms. The Morgan fingerprint density at radius 3 is 2.48 bits per heavy atom. The maximum absolute atomic E-state index is 5.29. The number of hydrogen-bond donors (Lipinski definition) is 0. The number of hydrogen-bond acceptors (Lipinski definition) is 5. The van der Waals surface area contributed by atoms with Gasteiger partial charge in [0.05, 0.1) is 12.8 Å². The fourth-order valence-corrected chi connectivity index (χ4v) is 3.88. The smallest absolute Gasteiger partial charge is 0.137 e. The molecule has 0 aliphatic carbocycles. The van der Waals surface area contributed by atoms with E-state index in [1.165, 1.54) is 11.1 Å². The van der Waals surface area contributed by atoms with Crippen molar-refractivity contribution in [2.24, 2.45) is 0 Å². The number of benzene rings is 1. The first-order valence-corrected chi connectivity index (χ1v) is 8.94. The van der Waals surface area contributed by atoms with Gasteiger partial charge in [0.15, 0.2) is 0 Å². The molecule has 1 aromatic carbocycles. The monoisotopic (exact) mass is 343 g/mol. The lowest BCUT2D eigenvalue weighted by Gasteiger charge is -2.25. The van der Waals surface area contributed by atoms with Crippen molar-refractivity contribution < 1.29 is 9.26 Å². The predicted molar refractivity (Wildman–Crippen MR) is 99.3 cm³/mol. The topological polar surface area (TPSA) is 41.7 Å². The van der Waals surface area contributed by atoms with Gasteiger partial charge in [-0.2, -0.15) is 0 Å². The van der Waals surface area contributed by atoms with Crippen LogP contribution in [-0.4, -0.2) is 61.8 Å². The van der Waals surface area contributed by atoms with Gasteiger partial charge in [-0.3, -0.25) is 0 Å². The van der Waals surface area contributed by atoms with Crippen molar-refractivity contribution in [2.45, 2.75) is 32.2 Å². The third-order valence-electron chi connectivity index (χ3n) is 5.43. The van der Waals surface area contributed by atoms with E-state index in [-0.39, 0.29) is 0 Å². The Balaban J connectivity index is 1.69. The molecule has 5 nitrogen and oxygen atoms in total. The van der Waals surface area contributed by atoms with Crippen LogP contribution in [0.3, 0.4) is 0 Å². The number of likely N-dealkylation sites (tertiary alicyclic amines) is 1. The maximum Gasteiger partial charge on any atom is 0.137 e.